The predicted octanol–water partition coefficient (Wildman–Crippen LogP) is 3.94. The molecule has 0 aliphatic rings. The molecule has 0 spiro atoms. The van der Waals surface area contributed by atoms with E-state index in [-0.39, 0.29) is 6.04 Å². The van der Waals surface area contributed by atoms with Gasteiger partial charge in [-0.05, 0) is 48.9 Å². The van der Waals surface area contributed by atoms with Crippen molar-refractivity contribution in [1.29, 1.82) is 0 Å². The monoisotopic (exact) mass is 239 g/mol. The van der Waals surface area contributed by atoms with Crippen molar-refractivity contribution in [3.05, 3.63) is 59.7 Å². The zero-order valence-corrected chi connectivity index (χ0v) is 11.2. The minimum absolute atomic E-state index is 0.270. The summed E-state index contributed by atoms with van der Waals surface area (Å²) in [5, 5.41) is 0. The fourth-order valence-electron chi connectivity index (χ4n) is 2.19. The zero-order valence-electron chi connectivity index (χ0n) is 11.2. The summed E-state index contributed by atoms with van der Waals surface area (Å²) in [5.74, 6) is 0. The lowest BCUT2D eigenvalue weighted by Gasteiger charge is -2.09. The second-order valence-electron chi connectivity index (χ2n) is 5.03. The first-order chi connectivity index (χ1) is 8.66. The molecule has 1 atom stereocenters. The van der Waals surface area contributed by atoms with Gasteiger partial charge in [-0.15, -0.1) is 0 Å². The first-order valence-corrected chi connectivity index (χ1v) is 6.57. The Bertz CT molecular complexity index is 515. The van der Waals surface area contributed by atoms with Gasteiger partial charge in [-0.1, -0.05) is 48.5 Å². The summed E-state index contributed by atoms with van der Waals surface area (Å²) in [6, 6.07) is 17.6. The molecule has 2 N–H and O–H groups in total. The lowest BCUT2D eigenvalue weighted by molar-refractivity contribution is 0.666. The highest BCUT2D eigenvalue weighted by molar-refractivity contribution is 5.67. The van der Waals surface area contributed by atoms with Crippen LogP contribution in [0, 0.1) is 6.92 Å². The van der Waals surface area contributed by atoms with Crippen LogP contribution in [-0.4, -0.2) is 6.04 Å². The lowest BCUT2D eigenvalue weighted by Crippen LogP contribution is -2.15. The maximum Gasteiger partial charge on any atom is 0.00136 e. The van der Waals surface area contributed by atoms with Crippen LogP contribution in [0.1, 0.15) is 24.5 Å². The molecule has 2 aromatic rings. The first-order valence-electron chi connectivity index (χ1n) is 6.57. The first kappa shape index (κ1) is 12.8. The van der Waals surface area contributed by atoms with E-state index < -0.39 is 0 Å². The molecule has 0 aliphatic heterocycles. The van der Waals surface area contributed by atoms with Gasteiger partial charge < -0.3 is 5.73 Å². The van der Waals surface area contributed by atoms with Gasteiger partial charge in [-0.25, -0.2) is 0 Å². The summed E-state index contributed by atoms with van der Waals surface area (Å²) in [5.41, 5.74) is 11.1. The number of nitrogens with two attached hydrogens (primary N) is 1. The summed E-state index contributed by atoms with van der Waals surface area (Å²) >= 11 is 0. The molecule has 94 valence electrons. The minimum atomic E-state index is 0.270. The van der Waals surface area contributed by atoms with Gasteiger partial charge >= 0.3 is 0 Å². The maximum atomic E-state index is 5.81. The van der Waals surface area contributed by atoms with E-state index in [4.69, 9.17) is 5.73 Å². The van der Waals surface area contributed by atoms with Crippen molar-refractivity contribution in [2.75, 3.05) is 0 Å². The Morgan fingerprint density at radius 2 is 1.83 bits per heavy atom. The van der Waals surface area contributed by atoms with E-state index in [0.717, 1.165) is 12.8 Å². The highest BCUT2D eigenvalue weighted by Gasteiger charge is 2.03. The molecule has 1 nitrogen and oxygen atoms in total. The zero-order chi connectivity index (χ0) is 13.0. The summed E-state index contributed by atoms with van der Waals surface area (Å²) < 4.78 is 0. The van der Waals surface area contributed by atoms with E-state index in [9.17, 15) is 0 Å². The number of rotatable bonds is 4. The molecule has 2 rings (SSSR count). The van der Waals surface area contributed by atoms with E-state index >= 15 is 0 Å². The number of benzene rings is 2. The van der Waals surface area contributed by atoms with Crippen LogP contribution in [0.2, 0.25) is 0 Å². The molecule has 2 aromatic carbocycles. The Kier molecular flexibility index (Phi) is 4.16. The topological polar surface area (TPSA) is 26.0 Å². The summed E-state index contributed by atoms with van der Waals surface area (Å²) in [7, 11) is 0. The quantitative estimate of drug-likeness (QED) is 0.859. The van der Waals surface area contributed by atoms with Crippen molar-refractivity contribution in [3.8, 4) is 11.1 Å². The highest BCUT2D eigenvalue weighted by Crippen LogP contribution is 2.24. The van der Waals surface area contributed by atoms with Gasteiger partial charge in [-0.3, -0.25) is 0 Å². The van der Waals surface area contributed by atoms with Crippen molar-refractivity contribution in [2.24, 2.45) is 5.73 Å². The summed E-state index contributed by atoms with van der Waals surface area (Å²) in [6.45, 7) is 4.22. The SMILES string of the molecule is Cc1ccccc1-c1cccc(CC[C@@H](C)N)c1. The molecule has 0 unspecified atom stereocenters. The van der Waals surface area contributed by atoms with Crippen LogP contribution in [0.5, 0.6) is 0 Å². The van der Waals surface area contributed by atoms with Gasteiger partial charge in [-0.2, -0.15) is 0 Å². The van der Waals surface area contributed by atoms with Gasteiger partial charge in [0.25, 0.3) is 0 Å². The van der Waals surface area contributed by atoms with Crippen molar-refractivity contribution in [3.63, 3.8) is 0 Å². The summed E-state index contributed by atoms with van der Waals surface area (Å²) in [4.78, 5) is 0. The largest absolute Gasteiger partial charge is 0.328 e. The molecule has 0 fully saturated rings. The molecule has 0 amide bonds. The van der Waals surface area contributed by atoms with Crippen LogP contribution in [0.3, 0.4) is 0 Å². The average Bonchev–Trinajstić information content (AvgIpc) is 2.37. The Morgan fingerprint density at radius 3 is 2.56 bits per heavy atom. The van der Waals surface area contributed by atoms with E-state index in [1.165, 1.54) is 22.3 Å². The normalized spacial score (nSPS) is 12.4. The third kappa shape index (κ3) is 3.21. The van der Waals surface area contributed by atoms with Gasteiger partial charge in [0.1, 0.15) is 0 Å². The average molecular weight is 239 g/mol. The lowest BCUT2D eigenvalue weighted by atomic mass is 9.97. The van der Waals surface area contributed by atoms with Gasteiger partial charge in [0.15, 0.2) is 0 Å². The van der Waals surface area contributed by atoms with Crippen molar-refractivity contribution >= 4 is 0 Å². The third-order valence-corrected chi connectivity index (χ3v) is 3.27. The van der Waals surface area contributed by atoms with Crippen LogP contribution in [-0.2, 0) is 6.42 Å². The second-order valence-corrected chi connectivity index (χ2v) is 5.03. The molecule has 0 bridgehead atoms. The molecule has 0 radical (unpaired) electrons. The smallest absolute Gasteiger partial charge is 0.00136 e. The molecular formula is C17H21N. The van der Waals surface area contributed by atoms with Crippen LogP contribution >= 0.6 is 0 Å². The third-order valence-electron chi connectivity index (χ3n) is 3.27. The minimum Gasteiger partial charge on any atom is -0.328 e. The fourth-order valence-corrected chi connectivity index (χ4v) is 2.19. The molecule has 0 heterocycles. The summed E-state index contributed by atoms with van der Waals surface area (Å²) in [6.07, 6.45) is 2.09. The molecule has 0 aliphatic carbocycles. The Balaban J connectivity index is 2.25. The van der Waals surface area contributed by atoms with Gasteiger partial charge in [0.2, 0.25) is 0 Å². The van der Waals surface area contributed by atoms with E-state index in [0.29, 0.717) is 0 Å². The van der Waals surface area contributed by atoms with E-state index in [1.54, 1.807) is 0 Å². The van der Waals surface area contributed by atoms with Crippen molar-refractivity contribution < 1.29 is 0 Å². The van der Waals surface area contributed by atoms with Crippen molar-refractivity contribution in [2.45, 2.75) is 32.7 Å². The molecular weight excluding hydrogens is 218 g/mol. The number of hydrogen-bond acceptors (Lipinski definition) is 1. The van der Waals surface area contributed by atoms with Crippen LogP contribution in [0.4, 0.5) is 0 Å². The number of hydrogen-bond donors (Lipinski definition) is 1. The Morgan fingerprint density at radius 1 is 1.06 bits per heavy atom. The predicted molar refractivity (Wildman–Crippen MR) is 78.6 cm³/mol. The van der Waals surface area contributed by atoms with Gasteiger partial charge in [0, 0.05) is 6.04 Å². The number of aryl methyl sites for hydroxylation is 2. The van der Waals surface area contributed by atoms with Crippen LogP contribution < -0.4 is 5.73 Å². The molecule has 0 aromatic heterocycles. The molecule has 1 heteroatoms. The maximum absolute atomic E-state index is 5.81. The van der Waals surface area contributed by atoms with Gasteiger partial charge in [0.05, 0.1) is 0 Å². The fraction of sp³-hybridized carbons (Fsp3) is 0.294. The standard InChI is InChI=1S/C17H21N/c1-13-6-3-4-9-17(13)16-8-5-7-15(12-16)11-10-14(2)18/h3-9,12,14H,10-11,18H2,1-2H3/t14-/m1/s1. The van der Waals surface area contributed by atoms with Crippen LogP contribution in [0.15, 0.2) is 48.5 Å². The molecule has 0 saturated heterocycles. The second kappa shape index (κ2) is 5.83. The van der Waals surface area contributed by atoms with E-state index in [2.05, 4.69) is 62.4 Å². The molecule has 0 saturated carbocycles. The Labute approximate surface area is 110 Å². The Hall–Kier alpha value is -1.60. The van der Waals surface area contributed by atoms with Crippen molar-refractivity contribution in [1.82, 2.24) is 0 Å². The van der Waals surface area contributed by atoms with E-state index in [1.807, 2.05) is 0 Å². The van der Waals surface area contributed by atoms with Crippen LogP contribution in [0.25, 0.3) is 11.1 Å². The molecule has 18 heavy (non-hydrogen) atoms. The highest BCUT2D eigenvalue weighted by atomic mass is 14.6.